The number of nitrogens with zero attached hydrogens (tertiary/aromatic N) is 2. The molecule has 0 unspecified atom stereocenters. The van der Waals surface area contributed by atoms with Crippen molar-refractivity contribution in [2.45, 2.75) is 51.1 Å². The van der Waals surface area contributed by atoms with Gasteiger partial charge in [-0.05, 0) is 12.8 Å². The fourth-order valence-corrected chi connectivity index (χ4v) is 2.35. The fourth-order valence-electron chi connectivity index (χ4n) is 2.35. The number of aromatic nitrogens is 2. The summed E-state index contributed by atoms with van der Waals surface area (Å²) in [5, 5.41) is 6.68. The molecule has 7 heteroatoms. The topological polar surface area (TPSA) is 72.9 Å². The number of nitrogens with one attached hydrogen (secondary N) is 1. The monoisotopic (exact) mass is 272 g/mol. The van der Waals surface area contributed by atoms with E-state index in [0.717, 1.165) is 30.4 Å². The molecule has 1 saturated carbocycles. The molecule has 1 fully saturated rings. The molecule has 1 aromatic rings. The molecule has 0 radical (unpaired) electrons. The number of hydrogen-bond acceptors (Lipinski definition) is 3. The lowest BCUT2D eigenvalue weighted by Gasteiger charge is -2.22. The van der Waals surface area contributed by atoms with Gasteiger partial charge in [-0.1, -0.05) is 19.3 Å². The van der Waals surface area contributed by atoms with Crippen LogP contribution in [0.15, 0.2) is 6.20 Å². The molecule has 3 N–H and O–H groups in total. The van der Waals surface area contributed by atoms with Crippen LogP contribution in [0.5, 0.6) is 0 Å². The average Bonchev–Trinajstić information content (AvgIpc) is 2.70. The molecule has 0 atom stereocenters. The molecule has 0 spiro atoms. The number of carbonyl (C=O) groups excluding carboxylic acids is 1. The molecule has 1 amide bonds. The zero-order chi connectivity index (χ0) is 13.8. The summed E-state index contributed by atoms with van der Waals surface area (Å²) in [5.74, 6) is -0.377. The Morgan fingerprint density at radius 1 is 1.47 bits per heavy atom. The first kappa shape index (κ1) is 13.8. The lowest BCUT2D eigenvalue weighted by molar-refractivity contribution is 0.0918. The Morgan fingerprint density at radius 2 is 2.16 bits per heavy atom. The molecule has 1 aliphatic carbocycles. The van der Waals surface area contributed by atoms with Gasteiger partial charge in [-0.25, -0.2) is 8.78 Å². The first-order valence-corrected chi connectivity index (χ1v) is 6.48. The van der Waals surface area contributed by atoms with Gasteiger partial charge >= 0.3 is 0 Å². The summed E-state index contributed by atoms with van der Waals surface area (Å²) in [7, 11) is 0. The smallest absolute Gasteiger partial charge is 0.274 e. The number of rotatable bonds is 4. The van der Waals surface area contributed by atoms with Gasteiger partial charge < -0.3 is 11.1 Å². The third-order valence-electron chi connectivity index (χ3n) is 3.27. The second kappa shape index (κ2) is 5.99. The number of alkyl halides is 2. The number of nitrogen functional groups attached to an aromatic ring is 1. The lowest BCUT2D eigenvalue weighted by Crippen LogP contribution is -2.36. The minimum atomic E-state index is -2.52. The SMILES string of the molecule is Nc1cn(CC(F)F)nc1C(=O)NC1CCCCC1. The zero-order valence-electron chi connectivity index (χ0n) is 10.6. The highest BCUT2D eigenvalue weighted by Crippen LogP contribution is 2.18. The first-order valence-electron chi connectivity index (χ1n) is 6.48. The Hall–Kier alpha value is -1.66. The molecular formula is C12H18F2N4O. The maximum atomic E-state index is 12.2. The predicted molar refractivity (Wildman–Crippen MR) is 67.0 cm³/mol. The van der Waals surface area contributed by atoms with E-state index in [1.165, 1.54) is 12.6 Å². The minimum absolute atomic E-state index is 0.0335. The average molecular weight is 272 g/mol. The van der Waals surface area contributed by atoms with Crippen LogP contribution in [0.3, 0.4) is 0 Å². The van der Waals surface area contributed by atoms with E-state index in [4.69, 9.17) is 5.73 Å². The van der Waals surface area contributed by atoms with Crippen molar-refractivity contribution in [2.24, 2.45) is 0 Å². The van der Waals surface area contributed by atoms with Crippen LogP contribution in [-0.4, -0.2) is 28.2 Å². The minimum Gasteiger partial charge on any atom is -0.396 e. The van der Waals surface area contributed by atoms with Crippen LogP contribution in [0.25, 0.3) is 0 Å². The summed E-state index contributed by atoms with van der Waals surface area (Å²) in [6, 6.07) is 0.140. The molecule has 0 saturated heterocycles. The lowest BCUT2D eigenvalue weighted by atomic mass is 9.95. The second-order valence-corrected chi connectivity index (χ2v) is 4.85. The third kappa shape index (κ3) is 3.65. The molecule has 19 heavy (non-hydrogen) atoms. The van der Waals surface area contributed by atoms with Gasteiger partial charge in [-0.15, -0.1) is 0 Å². The largest absolute Gasteiger partial charge is 0.396 e. The van der Waals surface area contributed by atoms with Crippen molar-refractivity contribution in [1.82, 2.24) is 15.1 Å². The maximum Gasteiger partial charge on any atom is 0.274 e. The van der Waals surface area contributed by atoms with Crippen LogP contribution in [0.2, 0.25) is 0 Å². The van der Waals surface area contributed by atoms with E-state index in [2.05, 4.69) is 10.4 Å². The first-order chi connectivity index (χ1) is 9.06. The van der Waals surface area contributed by atoms with Crippen molar-refractivity contribution in [2.75, 3.05) is 5.73 Å². The number of halogens is 2. The van der Waals surface area contributed by atoms with Gasteiger partial charge in [0, 0.05) is 12.2 Å². The Morgan fingerprint density at radius 3 is 2.79 bits per heavy atom. The Kier molecular flexibility index (Phi) is 4.34. The van der Waals surface area contributed by atoms with Crippen LogP contribution in [0.1, 0.15) is 42.6 Å². The number of carbonyl (C=O) groups is 1. The quantitative estimate of drug-likeness (QED) is 0.877. The van der Waals surface area contributed by atoms with Gasteiger partial charge in [0.05, 0.1) is 5.69 Å². The van der Waals surface area contributed by atoms with Gasteiger partial charge in [0.2, 0.25) is 0 Å². The van der Waals surface area contributed by atoms with E-state index >= 15 is 0 Å². The molecule has 106 valence electrons. The highest BCUT2D eigenvalue weighted by molar-refractivity contribution is 5.97. The normalized spacial score (nSPS) is 16.8. The van der Waals surface area contributed by atoms with Crippen molar-refractivity contribution in [1.29, 1.82) is 0 Å². The molecule has 2 rings (SSSR count). The molecule has 1 heterocycles. The van der Waals surface area contributed by atoms with Crippen LogP contribution >= 0.6 is 0 Å². The zero-order valence-corrected chi connectivity index (χ0v) is 10.6. The van der Waals surface area contributed by atoms with Crippen LogP contribution in [0.4, 0.5) is 14.5 Å². The van der Waals surface area contributed by atoms with Crippen LogP contribution in [0, 0.1) is 0 Å². The van der Waals surface area contributed by atoms with Crippen LogP contribution in [-0.2, 0) is 6.54 Å². The van der Waals surface area contributed by atoms with Crippen molar-refractivity contribution in [3.63, 3.8) is 0 Å². The van der Waals surface area contributed by atoms with E-state index in [1.54, 1.807) is 0 Å². The third-order valence-corrected chi connectivity index (χ3v) is 3.27. The number of hydrogen-bond donors (Lipinski definition) is 2. The molecule has 1 aliphatic rings. The van der Waals surface area contributed by atoms with E-state index in [1.807, 2.05) is 0 Å². The number of nitrogens with two attached hydrogens (primary N) is 1. The molecular weight excluding hydrogens is 254 g/mol. The highest BCUT2D eigenvalue weighted by atomic mass is 19.3. The fraction of sp³-hybridized carbons (Fsp3) is 0.667. The Balaban J connectivity index is 1.99. The summed E-state index contributed by atoms with van der Waals surface area (Å²) >= 11 is 0. The standard InChI is InChI=1S/C12H18F2N4O/c13-10(14)7-18-6-9(15)11(17-18)12(19)16-8-4-2-1-3-5-8/h6,8,10H,1-5,7,15H2,(H,16,19). The van der Waals surface area contributed by atoms with Gasteiger partial charge in [0.15, 0.2) is 5.69 Å². The van der Waals surface area contributed by atoms with E-state index in [-0.39, 0.29) is 23.3 Å². The molecule has 5 nitrogen and oxygen atoms in total. The summed E-state index contributed by atoms with van der Waals surface area (Å²) < 4.78 is 25.5. The number of amides is 1. The summed E-state index contributed by atoms with van der Waals surface area (Å²) in [4.78, 5) is 12.0. The maximum absolute atomic E-state index is 12.2. The van der Waals surface area contributed by atoms with Crippen molar-refractivity contribution >= 4 is 11.6 Å². The molecule has 0 aromatic carbocycles. The summed E-state index contributed by atoms with van der Waals surface area (Å²) in [6.07, 6.45) is 4.03. The van der Waals surface area contributed by atoms with Crippen LogP contribution < -0.4 is 11.1 Å². The number of anilines is 1. The Bertz CT molecular complexity index is 441. The van der Waals surface area contributed by atoms with Crippen molar-refractivity contribution in [3.8, 4) is 0 Å². The van der Waals surface area contributed by atoms with Crippen molar-refractivity contribution in [3.05, 3.63) is 11.9 Å². The summed E-state index contributed by atoms with van der Waals surface area (Å²) in [6.45, 7) is -0.555. The van der Waals surface area contributed by atoms with Gasteiger partial charge in [-0.3, -0.25) is 9.48 Å². The molecule has 1 aromatic heterocycles. The van der Waals surface area contributed by atoms with Gasteiger partial charge in [0.1, 0.15) is 6.54 Å². The van der Waals surface area contributed by atoms with Crippen molar-refractivity contribution < 1.29 is 13.6 Å². The van der Waals surface area contributed by atoms with E-state index < -0.39 is 13.0 Å². The van der Waals surface area contributed by atoms with Gasteiger partial charge in [-0.2, -0.15) is 5.10 Å². The summed E-state index contributed by atoms with van der Waals surface area (Å²) in [5.41, 5.74) is 5.80. The van der Waals surface area contributed by atoms with E-state index in [9.17, 15) is 13.6 Å². The molecule has 0 bridgehead atoms. The molecule has 0 aliphatic heterocycles. The highest BCUT2D eigenvalue weighted by Gasteiger charge is 2.21. The Labute approximate surface area is 110 Å². The second-order valence-electron chi connectivity index (χ2n) is 4.85. The van der Waals surface area contributed by atoms with Gasteiger partial charge in [0.25, 0.3) is 12.3 Å². The predicted octanol–water partition coefficient (Wildman–Crippen LogP) is 1.79. The van der Waals surface area contributed by atoms with E-state index in [0.29, 0.717) is 0 Å².